The molecule has 1 aliphatic heterocycles. The Bertz CT molecular complexity index is 899. The number of amidine groups is 1. The zero-order valence-electron chi connectivity index (χ0n) is 12.1. The topological polar surface area (TPSA) is 40.2 Å². The van der Waals surface area contributed by atoms with E-state index in [-0.39, 0.29) is 12.4 Å². The molecule has 3 nitrogen and oxygen atoms in total. The first kappa shape index (κ1) is 16.2. The van der Waals surface area contributed by atoms with Crippen molar-refractivity contribution in [3.05, 3.63) is 58.1 Å². The SMILES string of the molecule is Cl.Clc1ccc2[nH]c(-c3ccccc3Cl)c(C3=NCCN3)c2c1. The lowest BCUT2D eigenvalue weighted by molar-refractivity contribution is 0.960. The van der Waals surface area contributed by atoms with Crippen molar-refractivity contribution >= 4 is 52.3 Å². The summed E-state index contributed by atoms with van der Waals surface area (Å²) in [5, 5.41) is 5.81. The summed E-state index contributed by atoms with van der Waals surface area (Å²) in [7, 11) is 0. The number of aromatic amines is 1. The van der Waals surface area contributed by atoms with E-state index in [4.69, 9.17) is 23.2 Å². The molecule has 118 valence electrons. The Morgan fingerprint density at radius 2 is 1.87 bits per heavy atom. The molecule has 0 atom stereocenters. The number of aliphatic imine (C=N–C) groups is 1. The van der Waals surface area contributed by atoms with Crippen LogP contribution in [0.1, 0.15) is 5.56 Å². The molecule has 6 heteroatoms. The molecule has 23 heavy (non-hydrogen) atoms. The van der Waals surface area contributed by atoms with Crippen molar-refractivity contribution < 1.29 is 0 Å². The van der Waals surface area contributed by atoms with Crippen LogP contribution in [0.4, 0.5) is 0 Å². The lowest BCUT2D eigenvalue weighted by Gasteiger charge is -2.07. The van der Waals surface area contributed by atoms with E-state index in [1.807, 2.05) is 42.5 Å². The molecule has 3 aromatic rings. The van der Waals surface area contributed by atoms with Crippen molar-refractivity contribution in [3.8, 4) is 11.3 Å². The highest BCUT2D eigenvalue weighted by Crippen LogP contribution is 2.35. The van der Waals surface area contributed by atoms with Gasteiger partial charge in [0.1, 0.15) is 5.84 Å². The Balaban J connectivity index is 0.00000156. The number of hydrogen-bond acceptors (Lipinski definition) is 2. The van der Waals surface area contributed by atoms with Gasteiger partial charge in [0, 0.05) is 38.6 Å². The van der Waals surface area contributed by atoms with E-state index in [0.29, 0.717) is 10.0 Å². The van der Waals surface area contributed by atoms with Crippen LogP contribution in [0.3, 0.4) is 0 Å². The summed E-state index contributed by atoms with van der Waals surface area (Å²) in [5.74, 6) is 0.892. The molecule has 2 N–H and O–H groups in total. The maximum Gasteiger partial charge on any atom is 0.131 e. The zero-order valence-corrected chi connectivity index (χ0v) is 14.4. The van der Waals surface area contributed by atoms with Gasteiger partial charge in [-0.1, -0.05) is 41.4 Å². The minimum atomic E-state index is 0. The number of H-pyrrole nitrogens is 1. The predicted octanol–water partition coefficient (Wildman–Crippen LogP) is 4.91. The van der Waals surface area contributed by atoms with Crippen molar-refractivity contribution in [2.24, 2.45) is 4.99 Å². The predicted molar refractivity (Wildman–Crippen MR) is 100 cm³/mol. The number of benzene rings is 2. The van der Waals surface area contributed by atoms with Gasteiger partial charge in [-0.2, -0.15) is 0 Å². The summed E-state index contributed by atoms with van der Waals surface area (Å²) in [4.78, 5) is 8.03. The van der Waals surface area contributed by atoms with Crippen LogP contribution in [0.5, 0.6) is 0 Å². The number of rotatable bonds is 2. The molecule has 1 aliphatic rings. The van der Waals surface area contributed by atoms with Crippen LogP contribution in [-0.2, 0) is 0 Å². The van der Waals surface area contributed by atoms with Gasteiger partial charge in [-0.05, 0) is 24.3 Å². The number of nitrogens with zero attached hydrogens (tertiary/aromatic N) is 1. The minimum absolute atomic E-state index is 0. The first-order valence-electron chi connectivity index (χ1n) is 7.09. The molecule has 2 aromatic carbocycles. The van der Waals surface area contributed by atoms with Crippen molar-refractivity contribution in [3.63, 3.8) is 0 Å². The fraction of sp³-hybridized carbons (Fsp3) is 0.118. The Labute approximate surface area is 150 Å². The molecule has 0 saturated carbocycles. The van der Waals surface area contributed by atoms with Gasteiger partial charge in [0.2, 0.25) is 0 Å². The van der Waals surface area contributed by atoms with Crippen LogP contribution >= 0.6 is 35.6 Å². The monoisotopic (exact) mass is 365 g/mol. The second kappa shape index (κ2) is 6.44. The summed E-state index contributed by atoms with van der Waals surface area (Å²) in [6, 6.07) is 13.6. The number of aromatic nitrogens is 1. The molecular formula is C17H14Cl3N3. The van der Waals surface area contributed by atoms with Crippen molar-refractivity contribution in [2.45, 2.75) is 0 Å². The van der Waals surface area contributed by atoms with E-state index in [1.165, 1.54) is 0 Å². The third-order valence-corrected chi connectivity index (χ3v) is 4.38. The zero-order chi connectivity index (χ0) is 15.1. The summed E-state index contributed by atoms with van der Waals surface area (Å²) in [6.07, 6.45) is 0. The van der Waals surface area contributed by atoms with Crippen molar-refractivity contribution in [1.29, 1.82) is 0 Å². The van der Waals surface area contributed by atoms with Gasteiger partial charge < -0.3 is 10.3 Å². The molecule has 0 bridgehead atoms. The largest absolute Gasteiger partial charge is 0.368 e. The quantitative estimate of drug-likeness (QED) is 0.664. The summed E-state index contributed by atoms with van der Waals surface area (Å²) < 4.78 is 0. The highest BCUT2D eigenvalue weighted by molar-refractivity contribution is 6.34. The molecule has 0 aliphatic carbocycles. The van der Waals surface area contributed by atoms with Crippen LogP contribution in [-0.4, -0.2) is 23.9 Å². The fourth-order valence-electron chi connectivity index (χ4n) is 2.84. The second-order valence-corrected chi connectivity index (χ2v) is 6.05. The smallest absolute Gasteiger partial charge is 0.131 e. The molecule has 0 unspecified atom stereocenters. The molecular weight excluding hydrogens is 353 g/mol. The molecule has 0 saturated heterocycles. The van der Waals surface area contributed by atoms with Gasteiger partial charge in [-0.3, -0.25) is 4.99 Å². The molecule has 4 rings (SSSR count). The van der Waals surface area contributed by atoms with Crippen LogP contribution in [0.25, 0.3) is 22.2 Å². The Kier molecular flexibility index (Phi) is 4.53. The summed E-state index contributed by atoms with van der Waals surface area (Å²) in [6.45, 7) is 1.63. The highest BCUT2D eigenvalue weighted by atomic mass is 35.5. The molecule has 0 spiro atoms. The van der Waals surface area contributed by atoms with Gasteiger partial charge in [-0.15, -0.1) is 12.4 Å². The van der Waals surface area contributed by atoms with Crippen molar-refractivity contribution in [1.82, 2.24) is 10.3 Å². The standard InChI is InChI=1S/C17H13Cl2N3.ClH/c18-10-5-6-14-12(9-10)15(17-20-7-8-21-17)16(22-14)11-3-1-2-4-13(11)19;/h1-6,9,22H,7-8H2,(H,20,21);1H. The van der Waals surface area contributed by atoms with E-state index >= 15 is 0 Å². The highest BCUT2D eigenvalue weighted by Gasteiger charge is 2.21. The Morgan fingerprint density at radius 1 is 1.04 bits per heavy atom. The Morgan fingerprint density at radius 3 is 2.61 bits per heavy atom. The molecule has 0 fully saturated rings. The van der Waals surface area contributed by atoms with E-state index < -0.39 is 0 Å². The van der Waals surface area contributed by atoms with Crippen molar-refractivity contribution in [2.75, 3.05) is 13.1 Å². The van der Waals surface area contributed by atoms with Crippen LogP contribution in [0, 0.1) is 0 Å². The van der Waals surface area contributed by atoms with Gasteiger partial charge in [-0.25, -0.2) is 0 Å². The molecule has 1 aromatic heterocycles. The van der Waals surface area contributed by atoms with Crippen LogP contribution in [0.2, 0.25) is 10.0 Å². The van der Waals surface area contributed by atoms with Gasteiger partial charge in [0.25, 0.3) is 0 Å². The van der Waals surface area contributed by atoms with Gasteiger partial charge in [0.15, 0.2) is 0 Å². The lowest BCUT2D eigenvalue weighted by Crippen LogP contribution is -2.19. The third kappa shape index (κ3) is 2.80. The Hall–Kier alpha value is -1.68. The minimum Gasteiger partial charge on any atom is -0.368 e. The number of nitrogens with one attached hydrogen (secondary N) is 2. The molecule has 0 amide bonds. The summed E-state index contributed by atoms with van der Waals surface area (Å²) in [5.41, 5.74) is 3.98. The maximum absolute atomic E-state index is 6.39. The number of halogens is 3. The molecule has 0 radical (unpaired) electrons. The fourth-order valence-corrected chi connectivity index (χ4v) is 3.24. The lowest BCUT2D eigenvalue weighted by atomic mass is 10.0. The first-order valence-corrected chi connectivity index (χ1v) is 7.84. The maximum atomic E-state index is 6.39. The third-order valence-electron chi connectivity index (χ3n) is 3.81. The van der Waals surface area contributed by atoms with E-state index in [9.17, 15) is 0 Å². The normalized spacial score (nSPS) is 13.6. The van der Waals surface area contributed by atoms with Gasteiger partial charge >= 0.3 is 0 Å². The van der Waals surface area contributed by atoms with Crippen LogP contribution in [0.15, 0.2) is 47.5 Å². The number of hydrogen-bond donors (Lipinski definition) is 2. The second-order valence-electron chi connectivity index (χ2n) is 5.20. The van der Waals surface area contributed by atoms with E-state index in [1.54, 1.807) is 0 Å². The van der Waals surface area contributed by atoms with Crippen LogP contribution < -0.4 is 5.32 Å². The molecule has 2 heterocycles. The van der Waals surface area contributed by atoms with Gasteiger partial charge in [0.05, 0.1) is 12.2 Å². The van der Waals surface area contributed by atoms with E-state index in [0.717, 1.165) is 46.6 Å². The first-order chi connectivity index (χ1) is 10.7. The number of fused-ring (bicyclic) bond motifs is 1. The summed E-state index contributed by atoms with van der Waals surface area (Å²) >= 11 is 12.6. The average Bonchev–Trinajstić information content (AvgIpc) is 3.14. The average molecular weight is 367 g/mol. The van der Waals surface area contributed by atoms with E-state index in [2.05, 4.69) is 15.3 Å².